The zero-order valence-electron chi connectivity index (χ0n) is 17.1. The molecule has 0 unspecified atom stereocenters. The molecule has 9 heteroatoms. The van der Waals surface area contributed by atoms with Gasteiger partial charge < -0.3 is 28.4 Å². The van der Waals surface area contributed by atoms with Gasteiger partial charge in [0.15, 0.2) is 36.2 Å². The van der Waals surface area contributed by atoms with Crippen molar-refractivity contribution in [2.24, 2.45) is 0 Å². The smallest absolute Gasteiger partial charge is 0.338 e. The first-order valence-corrected chi connectivity index (χ1v) is 8.73. The van der Waals surface area contributed by atoms with Crippen molar-refractivity contribution in [1.29, 1.82) is 0 Å². The van der Waals surface area contributed by atoms with E-state index in [9.17, 15) is 14.4 Å². The first kappa shape index (κ1) is 22.5. The van der Waals surface area contributed by atoms with E-state index in [1.54, 1.807) is 12.1 Å². The Morgan fingerprint density at radius 3 is 1.30 bits per heavy atom. The second kappa shape index (κ2) is 10.7. The lowest BCUT2D eigenvalue weighted by atomic mass is 10.2. The molecule has 0 atom stereocenters. The molecule has 0 bridgehead atoms. The van der Waals surface area contributed by atoms with Crippen LogP contribution in [0.15, 0.2) is 36.4 Å². The van der Waals surface area contributed by atoms with Crippen LogP contribution in [0.5, 0.6) is 23.0 Å². The number of carbonyl (C=O) groups is 3. The molecule has 0 fully saturated rings. The van der Waals surface area contributed by atoms with Gasteiger partial charge in [-0.25, -0.2) is 9.59 Å². The van der Waals surface area contributed by atoms with Crippen molar-refractivity contribution in [2.75, 3.05) is 41.7 Å². The van der Waals surface area contributed by atoms with Crippen molar-refractivity contribution < 1.29 is 42.8 Å². The van der Waals surface area contributed by atoms with Crippen LogP contribution in [-0.4, -0.2) is 59.4 Å². The fourth-order valence-electron chi connectivity index (χ4n) is 2.43. The molecular weight excluding hydrogens is 396 g/mol. The number of benzene rings is 2. The van der Waals surface area contributed by atoms with Gasteiger partial charge in [-0.05, 0) is 36.4 Å². The SMILES string of the molecule is COc1ccc(C(=O)OCC(=O)COC(=O)c2ccc(OC)c(OC)c2)cc1OC. The second-order valence-corrected chi connectivity index (χ2v) is 5.83. The fourth-order valence-corrected chi connectivity index (χ4v) is 2.43. The molecule has 30 heavy (non-hydrogen) atoms. The summed E-state index contributed by atoms with van der Waals surface area (Å²) in [5.41, 5.74) is 0.366. The van der Waals surface area contributed by atoms with Gasteiger partial charge in [-0.3, -0.25) is 4.79 Å². The summed E-state index contributed by atoms with van der Waals surface area (Å²) in [5.74, 6) is -0.438. The highest BCUT2D eigenvalue weighted by molar-refractivity contribution is 5.94. The highest BCUT2D eigenvalue weighted by atomic mass is 16.6. The van der Waals surface area contributed by atoms with E-state index >= 15 is 0 Å². The first-order chi connectivity index (χ1) is 14.4. The molecular formula is C21H22O9. The summed E-state index contributed by atoms with van der Waals surface area (Å²) < 4.78 is 30.3. The highest BCUT2D eigenvalue weighted by Gasteiger charge is 2.16. The molecule has 2 aromatic rings. The van der Waals surface area contributed by atoms with E-state index in [1.165, 1.54) is 52.7 Å². The van der Waals surface area contributed by atoms with Gasteiger partial charge in [0.2, 0.25) is 5.78 Å². The quantitative estimate of drug-likeness (QED) is 0.537. The molecule has 2 aromatic carbocycles. The standard InChI is InChI=1S/C21H22O9/c1-25-16-7-5-13(9-18(16)27-3)20(23)29-11-15(22)12-30-21(24)14-6-8-17(26-2)19(10-14)28-4/h5-10H,11-12H2,1-4H3. The Labute approximate surface area is 173 Å². The molecule has 160 valence electrons. The zero-order valence-corrected chi connectivity index (χ0v) is 17.1. The third kappa shape index (κ3) is 5.63. The topological polar surface area (TPSA) is 107 Å². The van der Waals surface area contributed by atoms with Gasteiger partial charge in [-0.15, -0.1) is 0 Å². The lowest BCUT2D eigenvalue weighted by Gasteiger charge is -2.10. The lowest BCUT2D eigenvalue weighted by Crippen LogP contribution is -2.20. The van der Waals surface area contributed by atoms with Crippen molar-refractivity contribution >= 4 is 17.7 Å². The molecule has 0 saturated carbocycles. The number of ketones is 1. The predicted molar refractivity (Wildman–Crippen MR) is 105 cm³/mol. The molecule has 0 aliphatic heterocycles. The number of esters is 2. The number of Topliss-reactive ketones (excluding diaryl/α,β-unsaturated/α-hetero) is 1. The summed E-state index contributed by atoms with van der Waals surface area (Å²) in [7, 11) is 5.81. The van der Waals surface area contributed by atoms with Crippen LogP contribution < -0.4 is 18.9 Å². The maximum Gasteiger partial charge on any atom is 0.338 e. The molecule has 0 aliphatic carbocycles. The van der Waals surface area contributed by atoms with Crippen molar-refractivity contribution in [1.82, 2.24) is 0 Å². The van der Waals surface area contributed by atoms with E-state index in [4.69, 9.17) is 28.4 Å². The molecule has 0 heterocycles. The third-order valence-corrected chi connectivity index (χ3v) is 3.97. The summed E-state index contributed by atoms with van der Waals surface area (Å²) in [4.78, 5) is 36.1. The average Bonchev–Trinajstić information content (AvgIpc) is 2.79. The molecule has 0 spiro atoms. The van der Waals surface area contributed by atoms with Crippen LogP contribution in [0.1, 0.15) is 20.7 Å². The number of rotatable bonds is 10. The number of hydrogen-bond acceptors (Lipinski definition) is 9. The Kier molecular flexibility index (Phi) is 8.04. The number of hydrogen-bond donors (Lipinski definition) is 0. The highest BCUT2D eigenvalue weighted by Crippen LogP contribution is 2.28. The molecule has 0 aliphatic rings. The maximum absolute atomic E-state index is 12.1. The molecule has 0 N–H and O–H groups in total. The van der Waals surface area contributed by atoms with E-state index < -0.39 is 30.9 Å². The van der Waals surface area contributed by atoms with E-state index in [0.717, 1.165) is 0 Å². The van der Waals surface area contributed by atoms with Crippen LogP contribution in [0, 0.1) is 0 Å². The minimum absolute atomic E-state index is 0.183. The van der Waals surface area contributed by atoms with Gasteiger partial charge in [0.25, 0.3) is 0 Å². The Morgan fingerprint density at radius 1 is 0.600 bits per heavy atom. The monoisotopic (exact) mass is 418 g/mol. The van der Waals surface area contributed by atoms with E-state index in [1.807, 2.05) is 0 Å². The summed E-state index contributed by atoms with van der Waals surface area (Å²) in [5, 5.41) is 0. The van der Waals surface area contributed by atoms with Crippen LogP contribution in [0.25, 0.3) is 0 Å². The largest absolute Gasteiger partial charge is 0.493 e. The van der Waals surface area contributed by atoms with Crippen molar-refractivity contribution in [3.63, 3.8) is 0 Å². The van der Waals surface area contributed by atoms with Crippen molar-refractivity contribution in [2.45, 2.75) is 0 Å². The molecule has 0 saturated heterocycles. The molecule has 2 rings (SSSR count). The Balaban J connectivity index is 1.87. The first-order valence-electron chi connectivity index (χ1n) is 8.73. The Morgan fingerprint density at radius 2 is 0.967 bits per heavy atom. The van der Waals surface area contributed by atoms with Gasteiger partial charge in [-0.1, -0.05) is 0 Å². The molecule has 0 aromatic heterocycles. The minimum atomic E-state index is -0.726. The third-order valence-electron chi connectivity index (χ3n) is 3.97. The van der Waals surface area contributed by atoms with E-state index in [-0.39, 0.29) is 11.1 Å². The fraction of sp³-hybridized carbons (Fsp3) is 0.286. The molecule has 9 nitrogen and oxygen atoms in total. The summed E-state index contributed by atoms with van der Waals surface area (Å²) in [6.07, 6.45) is 0. The van der Waals surface area contributed by atoms with Gasteiger partial charge in [0.05, 0.1) is 39.6 Å². The Hall–Kier alpha value is -3.75. The van der Waals surface area contributed by atoms with E-state index in [2.05, 4.69) is 0 Å². The van der Waals surface area contributed by atoms with E-state index in [0.29, 0.717) is 23.0 Å². The van der Waals surface area contributed by atoms with Crippen LogP contribution in [0.3, 0.4) is 0 Å². The van der Waals surface area contributed by atoms with Crippen LogP contribution >= 0.6 is 0 Å². The van der Waals surface area contributed by atoms with Crippen molar-refractivity contribution in [3.05, 3.63) is 47.5 Å². The summed E-state index contributed by atoms with van der Waals surface area (Å²) in [6, 6.07) is 8.91. The number of carbonyl (C=O) groups excluding carboxylic acids is 3. The van der Waals surface area contributed by atoms with Gasteiger partial charge in [0.1, 0.15) is 0 Å². The average molecular weight is 418 g/mol. The van der Waals surface area contributed by atoms with Gasteiger partial charge >= 0.3 is 11.9 Å². The lowest BCUT2D eigenvalue weighted by molar-refractivity contribution is -0.125. The summed E-state index contributed by atoms with van der Waals surface area (Å²) >= 11 is 0. The van der Waals surface area contributed by atoms with Crippen LogP contribution in [0.2, 0.25) is 0 Å². The zero-order chi connectivity index (χ0) is 22.1. The normalized spacial score (nSPS) is 10.0. The molecule has 0 amide bonds. The number of ether oxygens (including phenoxy) is 6. The van der Waals surface area contributed by atoms with Crippen LogP contribution in [-0.2, 0) is 14.3 Å². The van der Waals surface area contributed by atoms with Gasteiger partial charge in [0, 0.05) is 0 Å². The van der Waals surface area contributed by atoms with Crippen LogP contribution in [0.4, 0.5) is 0 Å². The minimum Gasteiger partial charge on any atom is -0.493 e. The summed E-state index contributed by atoms with van der Waals surface area (Å²) in [6.45, 7) is -1.10. The van der Waals surface area contributed by atoms with Crippen molar-refractivity contribution in [3.8, 4) is 23.0 Å². The molecule has 0 radical (unpaired) electrons. The second-order valence-electron chi connectivity index (χ2n) is 5.83. The maximum atomic E-state index is 12.1. The number of methoxy groups -OCH3 is 4. The predicted octanol–water partition coefficient (Wildman–Crippen LogP) is 2.30. The Bertz CT molecular complexity index is 847. The van der Waals surface area contributed by atoms with Gasteiger partial charge in [-0.2, -0.15) is 0 Å².